The molecule has 100 valence electrons. The Hall–Kier alpha value is -1.55. The van der Waals surface area contributed by atoms with Gasteiger partial charge in [0.25, 0.3) is 0 Å². The van der Waals surface area contributed by atoms with Crippen molar-refractivity contribution in [3.05, 3.63) is 57.8 Å². The Kier molecular flexibility index (Phi) is 4.43. The van der Waals surface area contributed by atoms with Gasteiger partial charge in [0.05, 0.1) is 7.11 Å². The lowest BCUT2D eigenvalue weighted by atomic mass is 10.1. The third-order valence-electron chi connectivity index (χ3n) is 2.90. The molecule has 0 spiro atoms. The molecule has 0 radical (unpaired) electrons. The second-order valence-corrected chi connectivity index (χ2v) is 5.20. The van der Waals surface area contributed by atoms with Crippen LogP contribution in [-0.2, 0) is 6.54 Å². The molecule has 1 N–H and O–H groups in total. The van der Waals surface area contributed by atoms with Gasteiger partial charge >= 0.3 is 0 Å². The van der Waals surface area contributed by atoms with Gasteiger partial charge < -0.3 is 10.1 Å². The van der Waals surface area contributed by atoms with E-state index in [1.807, 2.05) is 31.2 Å². The third-order valence-corrected chi connectivity index (χ3v) is 3.39. The highest BCUT2D eigenvalue weighted by Gasteiger charge is 2.04. The summed E-state index contributed by atoms with van der Waals surface area (Å²) in [5, 5.41) is 3.30. The zero-order chi connectivity index (χ0) is 13.8. The molecule has 0 amide bonds. The topological polar surface area (TPSA) is 21.3 Å². The van der Waals surface area contributed by atoms with Crippen LogP contribution in [0.1, 0.15) is 11.1 Å². The highest BCUT2D eigenvalue weighted by atomic mass is 79.9. The summed E-state index contributed by atoms with van der Waals surface area (Å²) in [6, 6.07) is 11.0. The van der Waals surface area contributed by atoms with E-state index in [0.717, 1.165) is 21.3 Å². The summed E-state index contributed by atoms with van der Waals surface area (Å²) in [6.07, 6.45) is 0. The van der Waals surface area contributed by atoms with Gasteiger partial charge in [0.15, 0.2) is 11.6 Å². The highest BCUT2D eigenvalue weighted by molar-refractivity contribution is 9.10. The number of benzene rings is 2. The van der Waals surface area contributed by atoms with Crippen LogP contribution < -0.4 is 10.1 Å². The van der Waals surface area contributed by atoms with Crippen LogP contribution >= 0.6 is 15.9 Å². The molecule has 0 atom stereocenters. The minimum absolute atomic E-state index is 0.266. The van der Waals surface area contributed by atoms with Gasteiger partial charge in [0.2, 0.25) is 0 Å². The second kappa shape index (κ2) is 6.06. The predicted molar refractivity (Wildman–Crippen MR) is 79.2 cm³/mol. The summed E-state index contributed by atoms with van der Waals surface area (Å²) in [4.78, 5) is 0. The van der Waals surface area contributed by atoms with Crippen molar-refractivity contribution in [3.63, 3.8) is 0 Å². The zero-order valence-corrected chi connectivity index (χ0v) is 12.4. The van der Waals surface area contributed by atoms with E-state index in [2.05, 4.69) is 21.2 Å². The number of rotatable bonds is 4. The molecule has 0 aliphatic carbocycles. The zero-order valence-electron chi connectivity index (χ0n) is 10.8. The fraction of sp³-hybridized carbons (Fsp3) is 0.200. The van der Waals surface area contributed by atoms with E-state index in [1.165, 1.54) is 13.2 Å². The third kappa shape index (κ3) is 3.47. The SMILES string of the molecule is COc1ccc(CNc2cc(Br)ccc2C)cc1F. The summed E-state index contributed by atoms with van der Waals surface area (Å²) in [5.74, 6) is -0.0739. The van der Waals surface area contributed by atoms with Crippen LogP contribution in [0.25, 0.3) is 0 Å². The summed E-state index contributed by atoms with van der Waals surface area (Å²) in [6.45, 7) is 2.60. The van der Waals surface area contributed by atoms with Crippen LogP contribution in [0.2, 0.25) is 0 Å². The lowest BCUT2D eigenvalue weighted by Crippen LogP contribution is -2.02. The number of aryl methyl sites for hydroxylation is 1. The maximum absolute atomic E-state index is 13.6. The van der Waals surface area contributed by atoms with Crippen molar-refractivity contribution in [2.75, 3.05) is 12.4 Å². The molecule has 0 aliphatic rings. The first-order chi connectivity index (χ1) is 9.10. The van der Waals surface area contributed by atoms with Gasteiger partial charge in [-0.3, -0.25) is 0 Å². The number of hydrogen-bond donors (Lipinski definition) is 1. The van der Waals surface area contributed by atoms with Crippen LogP contribution in [0.5, 0.6) is 5.75 Å². The number of ether oxygens (including phenoxy) is 1. The van der Waals surface area contributed by atoms with E-state index in [-0.39, 0.29) is 11.6 Å². The fourth-order valence-electron chi connectivity index (χ4n) is 1.80. The molecule has 0 fully saturated rings. The Morgan fingerprint density at radius 1 is 1.21 bits per heavy atom. The molecule has 0 saturated carbocycles. The van der Waals surface area contributed by atoms with Crippen molar-refractivity contribution in [2.24, 2.45) is 0 Å². The predicted octanol–water partition coefficient (Wildman–Crippen LogP) is 4.52. The van der Waals surface area contributed by atoms with Gasteiger partial charge in [-0.2, -0.15) is 0 Å². The minimum Gasteiger partial charge on any atom is -0.494 e. The Balaban J connectivity index is 2.10. The monoisotopic (exact) mass is 323 g/mol. The van der Waals surface area contributed by atoms with Crippen LogP contribution in [0.3, 0.4) is 0 Å². The first-order valence-electron chi connectivity index (χ1n) is 5.92. The van der Waals surface area contributed by atoms with Crippen molar-refractivity contribution in [1.29, 1.82) is 0 Å². The smallest absolute Gasteiger partial charge is 0.165 e. The molecular formula is C15H15BrFNO. The van der Waals surface area contributed by atoms with E-state index in [9.17, 15) is 4.39 Å². The van der Waals surface area contributed by atoms with E-state index in [4.69, 9.17) is 4.74 Å². The Morgan fingerprint density at radius 2 is 2.00 bits per heavy atom. The van der Waals surface area contributed by atoms with Crippen LogP contribution in [0, 0.1) is 12.7 Å². The number of anilines is 1. The standard InChI is InChI=1S/C15H15BrFNO/c1-10-3-5-12(16)8-14(10)18-9-11-4-6-15(19-2)13(17)7-11/h3-8,18H,9H2,1-2H3. The van der Waals surface area contributed by atoms with Gasteiger partial charge in [-0.25, -0.2) is 4.39 Å². The largest absolute Gasteiger partial charge is 0.494 e. The van der Waals surface area contributed by atoms with Crippen molar-refractivity contribution in [3.8, 4) is 5.75 Å². The molecule has 4 heteroatoms. The Bertz CT molecular complexity index is 586. The first kappa shape index (κ1) is 13.9. The van der Waals surface area contributed by atoms with Crippen molar-refractivity contribution < 1.29 is 9.13 Å². The van der Waals surface area contributed by atoms with Crippen molar-refractivity contribution in [1.82, 2.24) is 0 Å². The molecule has 2 rings (SSSR count). The Labute approximate surface area is 120 Å². The average Bonchev–Trinajstić information content (AvgIpc) is 2.40. The molecule has 0 aliphatic heterocycles. The van der Waals surface area contributed by atoms with Crippen LogP contribution in [0.4, 0.5) is 10.1 Å². The number of methoxy groups -OCH3 is 1. The summed E-state index contributed by atoms with van der Waals surface area (Å²) < 4.78 is 19.5. The maximum atomic E-state index is 13.6. The van der Waals surface area contributed by atoms with E-state index >= 15 is 0 Å². The fourth-order valence-corrected chi connectivity index (χ4v) is 2.16. The first-order valence-corrected chi connectivity index (χ1v) is 6.72. The molecule has 2 aromatic rings. The van der Waals surface area contributed by atoms with Crippen molar-refractivity contribution in [2.45, 2.75) is 13.5 Å². The number of nitrogens with one attached hydrogen (secondary N) is 1. The number of hydrogen-bond acceptors (Lipinski definition) is 2. The number of halogens is 2. The molecule has 2 nitrogen and oxygen atoms in total. The average molecular weight is 324 g/mol. The molecule has 19 heavy (non-hydrogen) atoms. The molecule has 0 bridgehead atoms. The quantitative estimate of drug-likeness (QED) is 0.893. The van der Waals surface area contributed by atoms with Gasteiger partial charge in [-0.1, -0.05) is 28.1 Å². The summed E-state index contributed by atoms with van der Waals surface area (Å²) >= 11 is 3.44. The van der Waals surface area contributed by atoms with Crippen molar-refractivity contribution >= 4 is 21.6 Å². The Morgan fingerprint density at radius 3 is 2.68 bits per heavy atom. The second-order valence-electron chi connectivity index (χ2n) is 4.28. The summed E-state index contributed by atoms with van der Waals surface area (Å²) in [5.41, 5.74) is 3.06. The molecular weight excluding hydrogens is 309 g/mol. The highest BCUT2D eigenvalue weighted by Crippen LogP contribution is 2.22. The molecule has 0 saturated heterocycles. The van der Waals surface area contributed by atoms with Gasteiger partial charge in [-0.05, 0) is 42.3 Å². The normalized spacial score (nSPS) is 10.3. The van der Waals surface area contributed by atoms with Gasteiger partial charge in [0, 0.05) is 16.7 Å². The molecule has 0 unspecified atom stereocenters. The van der Waals surface area contributed by atoms with Gasteiger partial charge in [-0.15, -0.1) is 0 Å². The maximum Gasteiger partial charge on any atom is 0.165 e. The molecule has 2 aromatic carbocycles. The lowest BCUT2D eigenvalue weighted by Gasteiger charge is -2.11. The minimum atomic E-state index is -0.340. The molecule has 0 heterocycles. The van der Waals surface area contributed by atoms with E-state index in [0.29, 0.717) is 6.54 Å². The lowest BCUT2D eigenvalue weighted by molar-refractivity contribution is 0.386. The summed E-state index contributed by atoms with van der Waals surface area (Å²) in [7, 11) is 1.46. The van der Waals surface area contributed by atoms with E-state index in [1.54, 1.807) is 6.07 Å². The van der Waals surface area contributed by atoms with E-state index < -0.39 is 0 Å². The van der Waals surface area contributed by atoms with Crippen LogP contribution in [0.15, 0.2) is 40.9 Å². The van der Waals surface area contributed by atoms with Crippen LogP contribution in [-0.4, -0.2) is 7.11 Å². The van der Waals surface area contributed by atoms with Gasteiger partial charge in [0.1, 0.15) is 0 Å². The molecule has 0 aromatic heterocycles.